The van der Waals surface area contributed by atoms with Crippen LogP contribution in [-0.4, -0.2) is 62.5 Å². The predicted octanol–water partition coefficient (Wildman–Crippen LogP) is 3.10. The first-order valence-corrected chi connectivity index (χ1v) is 9.76. The van der Waals surface area contributed by atoms with E-state index in [2.05, 4.69) is 11.9 Å². The third-order valence-corrected chi connectivity index (χ3v) is 4.50. The third kappa shape index (κ3) is 7.38. The van der Waals surface area contributed by atoms with Crippen molar-refractivity contribution in [3.8, 4) is 5.75 Å². The van der Waals surface area contributed by atoms with Crippen molar-refractivity contribution in [1.29, 1.82) is 0 Å². The highest BCUT2D eigenvalue weighted by atomic mass is 19.1. The van der Waals surface area contributed by atoms with Gasteiger partial charge in [-0.15, -0.1) is 0 Å². The first kappa shape index (κ1) is 22.7. The number of hydrogen-bond donors (Lipinski definition) is 1. The van der Waals surface area contributed by atoms with Crippen LogP contribution < -0.4 is 10.1 Å². The lowest BCUT2D eigenvalue weighted by Crippen LogP contribution is -2.34. The molecule has 0 saturated carbocycles. The molecule has 0 aromatic heterocycles. The number of hydrogen-bond acceptors (Lipinski definition) is 5. The van der Waals surface area contributed by atoms with Gasteiger partial charge in [0.05, 0.1) is 19.8 Å². The van der Waals surface area contributed by atoms with E-state index in [-0.39, 0.29) is 38.3 Å². The minimum absolute atomic E-state index is 0. The fourth-order valence-electron chi connectivity index (χ4n) is 2.99. The van der Waals surface area contributed by atoms with Gasteiger partial charge in [0, 0.05) is 27.0 Å². The molecule has 0 bridgehead atoms. The summed E-state index contributed by atoms with van der Waals surface area (Å²) in [7, 11) is 0. The van der Waals surface area contributed by atoms with E-state index in [4.69, 9.17) is 14.2 Å². The maximum absolute atomic E-state index is 13.4. The molecule has 162 valence electrons. The van der Waals surface area contributed by atoms with Gasteiger partial charge in [-0.2, -0.15) is 0 Å². The Morgan fingerprint density at radius 2 is 2.17 bits per heavy atom. The average molecular weight is 410 g/mol. The molecule has 7 nitrogen and oxygen atoms in total. The number of ether oxygens (including phenoxy) is 3. The van der Waals surface area contributed by atoms with Crippen LogP contribution in [0.3, 0.4) is 0 Å². The molecule has 1 unspecified atom stereocenters. The van der Waals surface area contributed by atoms with Crippen LogP contribution in [0.15, 0.2) is 30.9 Å². The molecule has 2 rings (SSSR count). The molecular formula is C21H31FN2O5. The zero-order valence-electron chi connectivity index (χ0n) is 17.0. The predicted molar refractivity (Wildman–Crippen MR) is 109 cm³/mol. The summed E-state index contributed by atoms with van der Waals surface area (Å²) >= 11 is 0. The Balaban J connectivity index is 0.00000450. The van der Waals surface area contributed by atoms with Crippen LogP contribution in [0, 0.1) is 5.82 Å². The summed E-state index contributed by atoms with van der Waals surface area (Å²) in [5.74, 6) is 0.243. The minimum atomic E-state index is -0.538. The van der Waals surface area contributed by atoms with Gasteiger partial charge in [-0.05, 0) is 23.6 Å². The van der Waals surface area contributed by atoms with Gasteiger partial charge >= 0.3 is 6.09 Å². The molecule has 1 saturated heterocycles. The summed E-state index contributed by atoms with van der Waals surface area (Å²) in [4.78, 5) is 24.9. The number of nitrogens with zero attached hydrogens (tertiary/aromatic N) is 1. The molecule has 1 heterocycles. The second-order valence-electron chi connectivity index (χ2n) is 7.03. The van der Waals surface area contributed by atoms with Crippen molar-refractivity contribution in [3.05, 3.63) is 42.2 Å². The van der Waals surface area contributed by atoms with Gasteiger partial charge in [0.1, 0.15) is 24.3 Å². The molecule has 1 atom stereocenters. The fourth-order valence-corrected chi connectivity index (χ4v) is 2.99. The molecule has 8 heteroatoms. The van der Waals surface area contributed by atoms with E-state index in [0.717, 1.165) is 5.56 Å². The molecule has 1 aliphatic rings. The number of carbonyl (C=O) groups excluding carboxylic acids is 2. The van der Waals surface area contributed by atoms with Crippen LogP contribution in [0.25, 0.3) is 0 Å². The van der Waals surface area contributed by atoms with Crippen LogP contribution >= 0.6 is 0 Å². The number of likely N-dealkylation sites (tertiary alicyclic amines) is 1. The van der Waals surface area contributed by atoms with Crippen LogP contribution in [0.5, 0.6) is 5.75 Å². The smallest absolute Gasteiger partial charge is 0.407 e. The molecule has 1 aliphatic heterocycles. The number of amides is 2. The maximum Gasteiger partial charge on any atom is 0.407 e. The quantitative estimate of drug-likeness (QED) is 0.474. The normalized spacial score (nSPS) is 16.0. The van der Waals surface area contributed by atoms with Gasteiger partial charge in [0.2, 0.25) is 5.91 Å². The lowest BCUT2D eigenvalue weighted by molar-refractivity contribution is -0.125. The zero-order chi connectivity index (χ0) is 21.2. The molecule has 2 amide bonds. The van der Waals surface area contributed by atoms with Crippen LogP contribution in [-0.2, 0) is 14.3 Å². The van der Waals surface area contributed by atoms with E-state index in [1.54, 1.807) is 11.0 Å². The van der Waals surface area contributed by atoms with Crippen molar-refractivity contribution in [2.24, 2.45) is 0 Å². The van der Waals surface area contributed by atoms with Crippen LogP contribution in [0.1, 0.15) is 33.2 Å². The third-order valence-electron chi connectivity index (χ3n) is 4.50. The number of alkyl carbamates (subject to hydrolysis) is 1. The van der Waals surface area contributed by atoms with Gasteiger partial charge in [-0.1, -0.05) is 26.5 Å². The zero-order valence-corrected chi connectivity index (χ0v) is 17.0. The minimum Gasteiger partial charge on any atom is -0.491 e. The number of benzene rings is 1. The first-order chi connectivity index (χ1) is 13.9. The molecule has 29 heavy (non-hydrogen) atoms. The highest BCUT2D eigenvalue weighted by Gasteiger charge is 2.27. The number of carbonyl (C=O) groups is 2. The van der Waals surface area contributed by atoms with E-state index in [1.807, 2.05) is 13.8 Å². The van der Waals surface area contributed by atoms with Crippen LogP contribution in [0.4, 0.5) is 9.18 Å². The van der Waals surface area contributed by atoms with Crippen molar-refractivity contribution in [3.63, 3.8) is 0 Å². The summed E-state index contributed by atoms with van der Waals surface area (Å²) in [6.45, 7) is 9.58. The summed E-state index contributed by atoms with van der Waals surface area (Å²) < 4.78 is 29.7. The Kier molecular flexibility index (Phi) is 8.92. The number of halogens is 1. The summed E-state index contributed by atoms with van der Waals surface area (Å²) in [6, 6.07) is 4.52. The molecule has 1 aromatic carbocycles. The van der Waals surface area contributed by atoms with E-state index in [9.17, 15) is 14.0 Å². The maximum atomic E-state index is 13.4. The van der Waals surface area contributed by atoms with Gasteiger partial charge in [0.25, 0.3) is 0 Å². The second kappa shape index (κ2) is 11.4. The molecule has 0 spiro atoms. The number of rotatable bonds is 10. The molecule has 0 aliphatic carbocycles. The van der Waals surface area contributed by atoms with Gasteiger partial charge in [-0.3, -0.25) is 4.79 Å². The Hall–Kier alpha value is -2.61. The van der Waals surface area contributed by atoms with Gasteiger partial charge in [0.15, 0.2) is 0 Å². The van der Waals surface area contributed by atoms with E-state index >= 15 is 0 Å². The van der Waals surface area contributed by atoms with Crippen molar-refractivity contribution in [1.82, 2.24) is 10.2 Å². The number of nitrogens with one attached hydrogen (secondary N) is 1. The van der Waals surface area contributed by atoms with E-state index in [0.29, 0.717) is 38.5 Å². The molecule has 1 aromatic rings. The van der Waals surface area contributed by atoms with Crippen molar-refractivity contribution in [2.75, 3.05) is 39.5 Å². The standard InChI is InChI=1S/C21H29FN2O5.H2/c1-4-20(25)24-9-7-17(14-24)29-21(26)23-8-10-27-11-12-28-19-13-16(22)5-6-18(19)15(2)3;/h4-6,13,15,17H,1,7-12,14H2,2-3H3,(H,23,26);1H. The molecule has 0 radical (unpaired) electrons. The largest absolute Gasteiger partial charge is 0.491 e. The molecule has 1 N–H and O–H groups in total. The monoisotopic (exact) mass is 410 g/mol. The second-order valence-corrected chi connectivity index (χ2v) is 7.03. The summed E-state index contributed by atoms with van der Waals surface area (Å²) in [5.41, 5.74) is 0.941. The first-order valence-electron chi connectivity index (χ1n) is 9.76. The lowest BCUT2D eigenvalue weighted by Gasteiger charge is -2.15. The highest BCUT2D eigenvalue weighted by Crippen LogP contribution is 2.27. The van der Waals surface area contributed by atoms with Gasteiger partial charge in [-0.25, -0.2) is 9.18 Å². The van der Waals surface area contributed by atoms with Crippen molar-refractivity contribution >= 4 is 12.0 Å². The Morgan fingerprint density at radius 1 is 1.38 bits per heavy atom. The fraction of sp³-hybridized carbons (Fsp3) is 0.524. The van der Waals surface area contributed by atoms with Crippen LogP contribution in [0.2, 0.25) is 0 Å². The molecular weight excluding hydrogens is 379 g/mol. The van der Waals surface area contributed by atoms with E-state index < -0.39 is 6.09 Å². The molecule has 1 fully saturated rings. The lowest BCUT2D eigenvalue weighted by atomic mass is 10.0. The SMILES string of the molecule is C=CC(=O)N1CCC(OC(=O)NCCOCCOc2cc(F)ccc2C(C)C)C1.[HH]. The van der Waals surface area contributed by atoms with E-state index in [1.165, 1.54) is 18.2 Å². The average Bonchev–Trinajstić information content (AvgIpc) is 3.14. The summed E-state index contributed by atoms with van der Waals surface area (Å²) in [5, 5.41) is 2.61. The van der Waals surface area contributed by atoms with Gasteiger partial charge < -0.3 is 24.4 Å². The Bertz CT molecular complexity index is 717. The Morgan fingerprint density at radius 3 is 2.90 bits per heavy atom. The Labute approximate surface area is 172 Å². The topological polar surface area (TPSA) is 77.1 Å². The highest BCUT2D eigenvalue weighted by molar-refractivity contribution is 5.87. The van der Waals surface area contributed by atoms with Crippen molar-refractivity contribution < 1.29 is 29.6 Å². The van der Waals surface area contributed by atoms with Crippen molar-refractivity contribution in [2.45, 2.75) is 32.3 Å². The summed E-state index contributed by atoms with van der Waals surface area (Å²) in [6.07, 6.45) is 1.01.